The molecule has 1 nitrogen and oxygen atoms in total. The number of Topliss-reactive ketones (excluding diaryl/α,β-unsaturated/α-hetero) is 1. The normalized spacial score (nSPS) is 28.1. The summed E-state index contributed by atoms with van der Waals surface area (Å²) in [6.45, 7) is 6.05. The van der Waals surface area contributed by atoms with Crippen molar-refractivity contribution in [1.29, 1.82) is 0 Å². The highest BCUT2D eigenvalue weighted by molar-refractivity contribution is 8.08. The molecule has 1 aromatic carbocycles. The Morgan fingerprint density at radius 2 is 2.06 bits per heavy atom. The molecule has 1 heterocycles. The summed E-state index contributed by atoms with van der Waals surface area (Å²) in [6, 6.07) is 4.77. The van der Waals surface area contributed by atoms with Gasteiger partial charge in [-0.1, -0.05) is 26.0 Å². The average Bonchev–Trinajstić information content (AvgIpc) is 2.35. The maximum atomic E-state index is 13.5. The van der Waals surface area contributed by atoms with Crippen molar-refractivity contribution >= 4 is 29.3 Å². The molecule has 2 rings (SSSR count). The van der Waals surface area contributed by atoms with E-state index in [2.05, 4.69) is 13.8 Å². The van der Waals surface area contributed by atoms with Crippen molar-refractivity contribution in [3.8, 4) is 0 Å². The van der Waals surface area contributed by atoms with Crippen LogP contribution in [0.1, 0.15) is 29.8 Å². The third-order valence-electron chi connectivity index (χ3n) is 3.30. The average molecular weight is 284 g/mol. The Bertz CT molecular complexity index is 461. The third-order valence-corrected chi connectivity index (χ3v) is 6.69. The zero-order valence-corrected chi connectivity index (χ0v) is 12.4. The van der Waals surface area contributed by atoms with Gasteiger partial charge in [0.1, 0.15) is 5.82 Å². The summed E-state index contributed by atoms with van der Waals surface area (Å²) in [5, 5.41) is 1.00. The SMILES string of the molecule is Cc1ccc(C(=O)C2CSC(C)C(C)S2)cc1F. The van der Waals surface area contributed by atoms with E-state index in [-0.39, 0.29) is 16.9 Å². The van der Waals surface area contributed by atoms with Gasteiger partial charge in [0.05, 0.1) is 5.25 Å². The molecule has 0 spiro atoms. The number of aryl methyl sites for hydroxylation is 1. The van der Waals surface area contributed by atoms with E-state index >= 15 is 0 Å². The first-order valence-corrected chi connectivity index (χ1v) is 8.05. The topological polar surface area (TPSA) is 17.1 Å². The lowest BCUT2D eigenvalue weighted by Crippen LogP contribution is -2.31. The van der Waals surface area contributed by atoms with E-state index in [1.807, 2.05) is 11.8 Å². The van der Waals surface area contributed by atoms with Gasteiger partial charge in [0, 0.05) is 21.8 Å². The monoisotopic (exact) mass is 284 g/mol. The van der Waals surface area contributed by atoms with E-state index in [9.17, 15) is 9.18 Å². The molecule has 0 radical (unpaired) electrons. The van der Waals surface area contributed by atoms with E-state index in [1.54, 1.807) is 30.8 Å². The second-order valence-electron chi connectivity index (χ2n) is 4.70. The summed E-state index contributed by atoms with van der Waals surface area (Å²) in [5.41, 5.74) is 1.08. The van der Waals surface area contributed by atoms with Gasteiger partial charge < -0.3 is 0 Å². The molecule has 1 saturated heterocycles. The molecule has 18 heavy (non-hydrogen) atoms. The molecule has 0 aliphatic carbocycles. The summed E-state index contributed by atoms with van der Waals surface area (Å²) in [7, 11) is 0. The molecule has 4 heteroatoms. The maximum absolute atomic E-state index is 13.5. The van der Waals surface area contributed by atoms with Crippen LogP contribution in [0.2, 0.25) is 0 Å². The molecule has 1 aliphatic heterocycles. The van der Waals surface area contributed by atoms with Crippen LogP contribution < -0.4 is 0 Å². The van der Waals surface area contributed by atoms with Gasteiger partial charge in [0.2, 0.25) is 0 Å². The van der Waals surface area contributed by atoms with Crippen LogP contribution in [0, 0.1) is 12.7 Å². The molecular weight excluding hydrogens is 267 g/mol. The Labute approximate surface area is 116 Å². The van der Waals surface area contributed by atoms with Crippen molar-refractivity contribution < 1.29 is 9.18 Å². The van der Waals surface area contributed by atoms with E-state index in [0.717, 1.165) is 5.75 Å². The van der Waals surface area contributed by atoms with Gasteiger partial charge in [-0.3, -0.25) is 4.79 Å². The van der Waals surface area contributed by atoms with Crippen molar-refractivity contribution in [2.45, 2.75) is 36.5 Å². The Morgan fingerprint density at radius 3 is 2.67 bits per heavy atom. The highest BCUT2D eigenvalue weighted by Crippen LogP contribution is 2.37. The van der Waals surface area contributed by atoms with Crippen molar-refractivity contribution in [2.75, 3.05) is 5.75 Å². The van der Waals surface area contributed by atoms with Gasteiger partial charge in [0.15, 0.2) is 5.78 Å². The Kier molecular flexibility index (Phi) is 4.38. The molecule has 1 fully saturated rings. The fourth-order valence-corrected chi connectivity index (χ4v) is 4.73. The summed E-state index contributed by atoms with van der Waals surface area (Å²) >= 11 is 3.54. The van der Waals surface area contributed by atoms with Crippen LogP contribution in [0.4, 0.5) is 4.39 Å². The summed E-state index contributed by atoms with van der Waals surface area (Å²) < 4.78 is 13.5. The van der Waals surface area contributed by atoms with Crippen molar-refractivity contribution in [2.24, 2.45) is 0 Å². The maximum Gasteiger partial charge on any atom is 0.176 e. The van der Waals surface area contributed by atoms with Crippen LogP contribution in [-0.4, -0.2) is 27.3 Å². The smallest absolute Gasteiger partial charge is 0.176 e. The lowest BCUT2D eigenvalue weighted by molar-refractivity contribution is 0.0994. The second kappa shape index (κ2) is 5.66. The minimum atomic E-state index is -0.296. The zero-order valence-electron chi connectivity index (χ0n) is 10.8. The molecule has 3 unspecified atom stereocenters. The van der Waals surface area contributed by atoms with Gasteiger partial charge in [-0.2, -0.15) is 11.8 Å². The molecule has 0 aromatic heterocycles. The Balaban J connectivity index is 2.14. The van der Waals surface area contributed by atoms with E-state index in [1.165, 1.54) is 6.07 Å². The van der Waals surface area contributed by atoms with Gasteiger partial charge in [-0.05, 0) is 18.6 Å². The van der Waals surface area contributed by atoms with Crippen molar-refractivity contribution in [1.82, 2.24) is 0 Å². The minimum absolute atomic E-state index is 0.0386. The van der Waals surface area contributed by atoms with Gasteiger partial charge in [0.25, 0.3) is 0 Å². The third kappa shape index (κ3) is 2.91. The quantitative estimate of drug-likeness (QED) is 0.766. The fraction of sp³-hybridized carbons (Fsp3) is 0.500. The fourth-order valence-electron chi connectivity index (χ4n) is 1.85. The number of rotatable bonds is 2. The van der Waals surface area contributed by atoms with Crippen LogP contribution in [0.25, 0.3) is 0 Å². The predicted octanol–water partition coefficient (Wildman–Crippen LogP) is 3.94. The highest BCUT2D eigenvalue weighted by Gasteiger charge is 2.30. The number of halogens is 1. The van der Waals surface area contributed by atoms with Gasteiger partial charge in [-0.15, -0.1) is 11.8 Å². The molecular formula is C14H17FOS2. The first-order chi connectivity index (χ1) is 8.49. The lowest BCUT2D eigenvalue weighted by atomic mass is 10.1. The second-order valence-corrected chi connectivity index (χ2v) is 7.69. The number of ketones is 1. The molecule has 0 N–H and O–H groups in total. The van der Waals surface area contributed by atoms with Crippen LogP contribution in [0.5, 0.6) is 0 Å². The van der Waals surface area contributed by atoms with Crippen molar-refractivity contribution in [3.63, 3.8) is 0 Å². The number of hydrogen-bond donors (Lipinski definition) is 0. The summed E-state index contributed by atoms with van der Waals surface area (Å²) in [6.07, 6.45) is 0. The molecule has 3 atom stereocenters. The van der Waals surface area contributed by atoms with E-state index in [4.69, 9.17) is 0 Å². The highest BCUT2D eigenvalue weighted by atomic mass is 32.2. The number of carbonyl (C=O) groups is 1. The standard InChI is InChI=1S/C14H17FOS2/c1-8-4-5-11(6-12(8)15)14(16)13-7-17-9(2)10(3)18-13/h4-6,9-10,13H,7H2,1-3H3. The van der Waals surface area contributed by atoms with Crippen LogP contribution in [0.3, 0.4) is 0 Å². The first-order valence-electron chi connectivity index (χ1n) is 6.06. The van der Waals surface area contributed by atoms with Gasteiger partial charge >= 0.3 is 0 Å². The molecule has 1 aromatic rings. The summed E-state index contributed by atoms with van der Waals surface area (Å²) in [4.78, 5) is 12.3. The molecule has 1 aliphatic rings. The molecule has 0 amide bonds. The predicted molar refractivity (Wildman–Crippen MR) is 78.2 cm³/mol. The van der Waals surface area contributed by atoms with Gasteiger partial charge in [-0.25, -0.2) is 4.39 Å². The number of hydrogen-bond acceptors (Lipinski definition) is 3. The number of carbonyl (C=O) groups excluding carboxylic acids is 1. The minimum Gasteiger partial charge on any atom is -0.293 e. The zero-order chi connectivity index (χ0) is 13.3. The Morgan fingerprint density at radius 1 is 1.33 bits per heavy atom. The molecule has 98 valence electrons. The van der Waals surface area contributed by atoms with Crippen LogP contribution in [-0.2, 0) is 0 Å². The van der Waals surface area contributed by atoms with E-state index in [0.29, 0.717) is 21.6 Å². The number of thioether (sulfide) groups is 2. The van der Waals surface area contributed by atoms with Crippen molar-refractivity contribution in [3.05, 3.63) is 35.1 Å². The molecule has 0 saturated carbocycles. The first kappa shape index (κ1) is 13.9. The number of benzene rings is 1. The largest absolute Gasteiger partial charge is 0.293 e. The summed E-state index contributed by atoms with van der Waals surface area (Å²) in [5.74, 6) is 0.589. The van der Waals surface area contributed by atoms with Crippen LogP contribution in [0.15, 0.2) is 18.2 Å². The van der Waals surface area contributed by atoms with E-state index < -0.39 is 0 Å². The van der Waals surface area contributed by atoms with Crippen LogP contribution >= 0.6 is 23.5 Å². The molecule has 0 bridgehead atoms. The Hall–Kier alpha value is -0.480. The lowest BCUT2D eigenvalue weighted by Gasteiger charge is -2.30.